The number of hydrogen-bond donors (Lipinski definition) is 3. The molecule has 1 aromatic rings. The highest BCUT2D eigenvalue weighted by molar-refractivity contribution is 14.0. The van der Waals surface area contributed by atoms with Crippen LogP contribution in [0, 0.1) is 0 Å². The summed E-state index contributed by atoms with van der Waals surface area (Å²) >= 11 is 0. The molecule has 5 nitrogen and oxygen atoms in total. The summed E-state index contributed by atoms with van der Waals surface area (Å²) in [6.45, 7) is 7.56. The Morgan fingerprint density at radius 2 is 2.00 bits per heavy atom. The van der Waals surface area contributed by atoms with Crippen LogP contribution in [0.3, 0.4) is 0 Å². The molecular weight excluding hydrogens is 429 g/mol. The number of rotatable bonds is 6. The first-order valence-electron chi connectivity index (χ1n) is 9.05. The van der Waals surface area contributed by atoms with E-state index in [0.717, 1.165) is 49.5 Å². The molecule has 142 valence electrons. The van der Waals surface area contributed by atoms with Crippen molar-refractivity contribution in [1.29, 1.82) is 0 Å². The monoisotopic (exact) mass is 461 g/mol. The molecule has 0 aliphatic heterocycles. The lowest BCUT2D eigenvalue weighted by atomic mass is 9.93. The maximum absolute atomic E-state index is 9.62. The van der Waals surface area contributed by atoms with Gasteiger partial charge in [-0.3, -0.25) is 0 Å². The fourth-order valence-corrected chi connectivity index (χ4v) is 2.89. The maximum Gasteiger partial charge on any atom is 0.191 e. The molecule has 0 heterocycles. The minimum atomic E-state index is -0.133. The zero-order valence-corrected chi connectivity index (χ0v) is 17.8. The molecular formula is C19H32IN3O2. The van der Waals surface area contributed by atoms with Gasteiger partial charge in [-0.1, -0.05) is 12.1 Å². The number of nitrogens with zero attached hydrogens (tertiary/aromatic N) is 1. The van der Waals surface area contributed by atoms with Crippen LogP contribution in [0.2, 0.25) is 0 Å². The van der Waals surface area contributed by atoms with Gasteiger partial charge < -0.3 is 20.5 Å². The lowest BCUT2D eigenvalue weighted by Crippen LogP contribution is -2.45. The van der Waals surface area contributed by atoms with Gasteiger partial charge in [-0.2, -0.15) is 0 Å². The van der Waals surface area contributed by atoms with Gasteiger partial charge in [0, 0.05) is 12.6 Å². The van der Waals surface area contributed by atoms with Gasteiger partial charge in [0.2, 0.25) is 0 Å². The van der Waals surface area contributed by atoms with Gasteiger partial charge in [-0.15, -0.1) is 24.0 Å². The average molecular weight is 461 g/mol. The van der Waals surface area contributed by atoms with Crippen LogP contribution in [-0.4, -0.2) is 35.9 Å². The average Bonchev–Trinajstić information content (AvgIpc) is 2.55. The summed E-state index contributed by atoms with van der Waals surface area (Å²) < 4.78 is 5.74. The number of benzene rings is 1. The Morgan fingerprint density at radius 1 is 1.28 bits per heavy atom. The van der Waals surface area contributed by atoms with E-state index in [1.165, 1.54) is 0 Å². The summed E-state index contributed by atoms with van der Waals surface area (Å²) in [4.78, 5) is 4.69. The van der Waals surface area contributed by atoms with Gasteiger partial charge in [-0.05, 0) is 64.2 Å². The van der Waals surface area contributed by atoms with Gasteiger partial charge in [0.05, 0.1) is 18.8 Å². The van der Waals surface area contributed by atoms with Crippen LogP contribution in [0.4, 0.5) is 0 Å². The van der Waals surface area contributed by atoms with Crippen molar-refractivity contribution in [2.75, 3.05) is 6.54 Å². The van der Waals surface area contributed by atoms with E-state index in [-0.39, 0.29) is 36.2 Å². The SMILES string of the molecule is CCNC(=NCc1cccc(OC(C)C)c1)NC1CCC(O)CC1.I. The third kappa shape index (κ3) is 8.27. The minimum absolute atomic E-state index is 0. The first-order valence-corrected chi connectivity index (χ1v) is 9.05. The quantitative estimate of drug-likeness (QED) is 0.345. The number of nitrogens with one attached hydrogen (secondary N) is 2. The first-order chi connectivity index (χ1) is 11.6. The lowest BCUT2D eigenvalue weighted by Gasteiger charge is -2.27. The van der Waals surface area contributed by atoms with Crippen molar-refractivity contribution >= 4 is 29.9 Å². The van der Waals surface area contributed by atoms with Crippen LogP contribution in [0.1, 0.15) is 52.0 Å². The number of halogens is 1. The highest BCUT2D eigenvalue weighted by Gasteiger charge is 2.19. The van der Waals surface area contributed by atoms with Crippen molar-refractivity contribution in [2.24, 2.45) is 4.99 Å². The second-order valence-electron chi connectivity index (χ2n) is 6.66. The molecule has 1 aliphatic carbocycles. The minimum Gasteiger partial charge on any atom is -0.491 e. The Hall–Kier alpha value is -1.02. The molecule has 0 unspecified atom stereocenters. The number of aliphatic hydroxyl groups excluding tert-OH is 1. The van der Waals surface area contributed by atoms with Crippen molar-refractivity contribution in [3.8, 4) is 5.75 Å². The summed E-state index contributed by atoms with van der Waals surface area (Å²) in [5.74, 6) is 1.73. The predicted octanol–water partition coefficient (Wildman–Crippen LogP) is 3.45. The third-order valence-electron chi connectivity index (χ3n) is 4.07. The largest absolute Gasteiger partial charge is 0.491 e. The van der Waals surface area contributed by atoms with Crippen LogP contribution in [0.5, 0.6) is 5.75 Å². The first kappa shape index (κ1) is 22.0. The highest BCUT2D eigenvalue weighted by atomic mass is 127. The molecule has 1 aromatic carbocycles. The van der Waals surface area contributed by atoms with E-state index in [4.69, 9.17) is 9.73 Å². The summed E-state index contributed by atoms with van der Waals surface area (Å²) in [5.41, 5.74) is 1.13. The molecule has 0 bridgehead atoms. The summed E-state index contributed by atoms with van der Waals surface area (Å²) in [7, 11) is 0. The molecule has 1 fully saturated rings. The van der Waals surface area contributed by atoms with E-state index in [2.05, 4.69) is 23.6 Å². The molecule has 0 radical (unpaired) electrons. The number of guanidine groups is 1. The van der Waals surface area contributed by atoms with Crippen LogP contribution in [0.15, 0.2) is 29.3 Å². The maximum atomic E-state index is 9.62. The molecule has 6 heteroatoms. The fraction of sp³-hybridized carbons (Fsp3) is 0.632. The highest BCUT2D eigenvalue weighted by Crippen LogP contribution is 2.18. The number of aliphatic imine (C=N–C) groups is 1. The molecule has 1 aliphatic rings. The van der Waals surface area contributed by atoms with Crippen molar-refractivity contribution in [3.05, 3.63) is 29.8 Å². The van der Waals surface area contributed by atoms with Crippen molar-refractivity contribution in [3.63, 3.8) is 0 Å². The van der Waals surface area contributed by atoms with E-state index in [1.54, 1.807) is 0 Å². The number of hydrogen-bond acceptors (Lipinski definition) is 3. The van der Waals surface area contributed by atoms with E-state index >= 15 is 0 Å². The molecule has 25 heavy (non-hydrogen) atoms. The number of aliphatic hydroxyl groups is 1. The van der Waals surface area contributed by atoms with Gasteiger partial charge in [0.25, 0.3) is 0 Å². The topological polar surface area (TPSA) is 65.9 Å². The van der Waals surface area contributed by atoms with E-state index in [9.17, 15) is 5.11 Å². The van der Waals surface area contributed by atoms with E-state index in [1.807, 2.05) is 32.0 Å². The smallest absolute Gasteiger partial charge is 0.191 e. The van der Waals surface area contributed by atoms with Crippen molar-refractivity contribution in [1.82, 2.24) is 10.6 Å². The Kier molecular flexibility index (Phi) is 10.2. The normalized spacial score (nSPS) is 20.8. The lowest BCUT2D eigenvalue weighted by molar-refractivity contribution is 0.120. The molecule has 0 spiro atoms. The summed E-state index contributed by atoms with van der Waals surface area (Å²) in [5, 5.41) is 16.4. The standard InChI is InChI=1S/C19H31N3O2.HI/c1-4-20-19(22-16-8-10-17(23)11-9-16)21-13-15-6-5-7-18(12-15)24-14(2)3;/h5-7,12,14,16-17,23H,4,8-11,13H2,1-3H3,(H2,20,21,22);1H. The zero-order valence-electron chi connectivity index (χ0n) is 15.5. The summed E-state index contributed by atoms with van der Waals surface area (Å²) in [6.07, 6.45) is 3.75. The van der Waals surface area contributed by atoms with Crippen LogP contribution in [-0.2, 0) is 6.54 Å². The van der Waals surface area contributed by atoms with Crippen LogP contribution < -0.4 is 15.4 Å². The summed E-state index contributed by atoms with van der Waals surface area (Å²) in [6, 6.07) is 8.48. The molecule has 0 atom stereocenters. The Bertz CT molecular complexity index is 529. The molecule has 0 amide bonds. The second kappa shape index (κ2) is 11.6. The Balaban J connectivity index is 0.00000312. The number of ether oxygens (including phenoxy) is 1. The van der Waals surface area contributed by atoms with Crippen molar-refractivity contribution in [2.45, 2.75) is 71.2 Å². The van der Waals surface area contributed by atoms with Gasteiger partial charge in [0.1, 0.15) is 5.75 Å². The molecule has 1 saturated carbocycles. The van der Waals surface area contributed by atoms with Gasteiger partial charge >= 0.3 is 0 Å². The fourth-order valence-electron chi connectivity index (χ4n) is 2.89. The van der Waals surface area contributed by atoms with E-state index < -0.39 is 0 Å². The van der Waals surface area contributed by atoms with Crippen LogP contribution >= 0.6 is 24.0 Å². The third-order valence-corrected chi connectivity index (χ3v) is 4.07. The van der Waals surface area contributed by atoms with Gasteiger partial charge in [-0.25, -0.2) is 4.99 Å². The van der Waals surface area contributed by atoms with Gasteiger partial charge in [0.15, 0.2) is 5.96 Å². The Morgan fingerprint density at radius 3 is 2.64 bits per heavy atom. The second-order valence-corrected chi connectivity index (χ2v) is 6.66. The molecule has 0 saturated heterocycles. The molecule has 2 rings (SSSR count). The molecule has 3 N–H and O–H groups in total. The van der Waals surface area contributed by atoms with Crippen molar-refractivity contribution < 1.29 is 9.84 Å². The van der Waals surface area contributed by atoms with E-state index in [0.29, 0.717) is 12.6 Å². The molecule has 0 aromatic heterocycles. The van der Waals surface area contributed by atoms with Crippen LogP contribution in [0.25, 0.3) is 0 Å². The Labute approximate surface area is 168 Å². The predicted molar refractivity (Wildman–Crippen MR) is 114 cm³/mol. The zero-order chi connectivity index (χ0) is 17.4.